The van der Waals surface area contributed by atoms with Crippen LogP contribution in [0.5, 0.6) is 0 Å². The molecule has 0 unspecified atom stereocenters. The third-order valence-electron chi connectivity index (χ3n) is 2.59. The van der Waals surface area contributed by atoms with Crippen molar-refractivity contribution >= 4 is 27.5 Å². The van der Waals surface area contributed by atoms with Crippen LogP contribution in [0, 0.1) is 0 Å². The molecule has 3 heterocycles. The molecule has 0 aliphatic carbocycles. The second-order valence-electron chi connectivity index (χ2n) is 3.80. The summed E-state index contributed by atoms with van der Waals surface area (Å²) in [6, 6.07) is 2.70. The Morgan fingerprint density at radius 1 is 1.45 bits per heavy atom. The third-order valence-corrected chi connectivity index (χ3v) is 3.69. The predicted molar refractivity (Wildman–Crippen MR) is 66.5 cm³/mol. The molecule has 3 aromatic rings. The number of fused-ring (bicyclic) bond motifs is 1. The van der Waals surface area contributed by atoms with Gasteiger partial charge < -0.3 is 5.11 Å². The number of carboxylic acids is 1. The van der Waals surface area contributed by atoms with Crippen molar-refractivity contribution in [2.24, 2.45) is 0 Å². The highest BCUT2D eigenvalue weighted by molar-refractivity contribution is 7.20. The summed E-state index contributed by atoms with van der Waals surface area (Å²) in [5.74, 6) is -0.864. The molecule has 0 bridgehead atoms. The molecule has 6 nitrogen and oxygen atoms in total. The Morgan fingerprint density at radius 3 is 2.85 bits per heavy atom. The van der Waals surface area contributed by atoms with Crippen molar-refractivity contribution in [1.29, 1.82) is 0 Å². The number of carbonyl (C=O) groups is 1. The van der Waals surface area contributed by atoms with Crippen LogP contribution in [-0.2, 0) is 0 Å². The Bertz CT molecular complexity index is 784. The van der Waals surface area contributed by atoms with Crippen LogP contribution in [0.4, 0.5) is 8.78 Å². The lowest BCUT2D eigenvalue weighted by molar-refractivity contribution is 0.0702. The second-order valence-corrected chi connectivity index (χ2v) is 4.83. The van der Waals surface area contributed by atoms with E-state index in [1.807, 2.05) is 0 Å². The number of aromatic nitrogens is 4. The predicted octanol–water partition coefficient (Wildman–Crippen LogP) is 2.51. The minimum Gasteiger partial charge on any atom is -0.477 e. The standard InChI is InChI=1S/C11H6F2N4O2S/c12-9(13)8-5-3-6(11(18)19)20-10(5)17(16-8)7-1-2-14-4-15-7/h1-4,9H,(H,18,19). The summed E-state index contributed by atoms with van der Waals surface area (Å²) in [6.45, 7) is 0. The number of nitrogens with zero attached hydrogens (tertiary/aromatic N) is 4. The number of rotatable bonds is 3. The Labute approximate surface area is 114 Å². The molecule has 0 fully saturated rings. The zero-order chi connectivity index (χ0) is 14.3. The fourth-order valence-corrected chi connectivity index (χ4v) is 2.73. The molecule has 0 aromatic carbocycles. The monoisotopic (exact) mass is 296 g/mol. The Balaban J connectivity index is 2.29. The maximum absolute atomic E-state index is 13.0. The van der Waals surface area contributed by atoms with Crippen molar-refractivity contribution in [1.82, 2.24) is 19.7 Å². The lowest BCUT2D eigenvalue weighted by Gasteiger charge is -1.99. The number of aromatic carboxylic acids is 1. The number of alkyl halides is 2. The van der Waals surface area contributed by atoms with E-state index < -0.39 is 18.1 Å². The normalized spacial score (nSPS) is 11.3. The van der Waals surface area contributed by atoms with E-state index in [2.05, 4.69) is 15.1 Å². The van der Waals surface area contributed by atoms with Crippen LogP contribution >= 0.6 is 11.3 Å². The van der Waals surface area contributed by atoms with E-state index >= 15 is 0 Å². The van der Waals surface area contributed by atoms with Gasteiger partial charge in [-0.15, -0.1) is 11.3 Å². The van der Waals surface area contributed by atoms with Gasteiger partial charge in [0, 0.05) is 17.6 Å². The van der Waals surface area contributed by atoms with Gasteiger partial charge in [-0.2, -0.15) is 5.10 Å². The van der Waals surface area contributed by atoms with E-state index in [-0.39, 0.29) is 10.3 Å². The maximum Gasteiger partial charge on any atom is 0.345 e. The smallest absolute Gasteiger partial charge is 0.345 e. The van der Waals surface area contributed by atoms with Crippen molar-refractivity contribution in [2.75, 3.05) is 0 Å². The Hall–Kier alpha value is -2.42. The van der Waals surface area contributed by atoms with Gasteiger partial charge in [0.2, 0.25) is 0 Å². The van der Waals surface area contributed by atoms with E-state index in [1.54, 1.807) is 0 Å². The summed E-state index contributed by atoms with van der Waals surface area (Å²) in [4.78, 5) is 18.9. The minimum absolute atomic E-state index is 0.0258. The van der Waals surface area contributed by atoms with Gasteiger partial charge >= 0.3 is 5.97 Å². The summed E-state index contributed by atoms with van der Waals surface area (Å²) in [5, 5.41) is 12.9. The van der Waals surface area contributed by atoms with E-state index in [9.17, 15) is 13.6 Å². The molecule has 0 spiro atoms. The van der Waals surface area contributed by atoms with Crippen molar-refractivity contribution in [3.05, 3.63) is 35.2 Å². The first-order valence-corrected chi connectivity index (χ1v) is 6.20. The molecular weight excluding hydrogens is 290 g/mol. The molecule has 0 atom stereocenters. The van der Waals surface area contributed by atoms with Crippen LogP contribution < -0.4 is 0 Å². The van der Waals surface area contributed by atoms with Crippen LogP contribution in [0.25, 0.3) is 16.0 Å². The molecule has 3 aromatic heterocycles. The molecular formula is C11H6F2N4O2S. The Kier molecular flexibility index (Phi) is 2.90. The summed E-state index contributed by atoms with van der Waals surface area (Å²) >= 11 is 0.872. The molecule has 1 N–H and O–H groups in total. The average molecular weight is 296 g/mol. The first-order valence-electron chi connectivity index (χ1n) is 5.38. The van der Waals surface area contributed by atoms with Crippen molar-refractivity contribution in [3.8, 4) is 5.82 Å². The van der Waals surface area contributed by atoms with Crippen LogP contribution in [-0.4, -0.2) is 30.8 Å². The van der Waals surface area contributed by atoms with Crippen LogP contribution in [0.3, 0.4) is 0 Å². The van der Waals surface area contributed by atoms with Gasteiger partial charge in [0.05, 0.1) is 0 Å². The zero-order valence-corrected chi connectivity index (χ0v) is 10.5. The van der Waals surface area contributed by atoms with Gasteiger partial charge in [0.25, 0.3) is 6.43 Å². The largest absolute Gasteiger partial charge is 0.477 e. The lowest BCUT2D eigenvalue weighted by atomic mass is 10.3. The quantitative estimate of drug-likeness (QED) is 0.803. The fraction of sp³-hybridized carbons (Fsp3) is 0.0909. The van der Waals surface area contributed by atoms with Crippen molar-refractivity contribution < 1.29 is 18.7 Å². The Morgan fingerprint density at radius 2 is 2.25 bits per heavy atom. The van der Waals surface area contributed by atoms with Crippen molar-refractivity contribution in [2.45, 2.75) is 6.43 Å². The number of carboxylic acid groups (broad SMARTS) is 1. The van der Waals surface area contributed by atoms with Crippen LogP contribution in [0.1, 0.15) is 21.8 Å². The molecule has 0 saturated carbocycles. The van der Waals surface area contributed by atoms with E-state index in [4.69, 9.17) is 5.11 Å². The molecule has 0 aliphatic heterocycles. The summed E-state index contributed by atoms with van der Waals surface area (Å²) in [6.07, 6.45) is -0.0861. The number of hydrogen-bond donors (Lipinski definition) is 1. The molecule has 9 heteroatoms. The first-order chi connectivity index (χ1) is 9.58. The van der Waals surface area contributed by atoms with E-state index in [1.165, 1.54) is 29.3 Å². The molecule has 3 rings (SSSR count). The third kappa shape index (κ3) is 1.92. The van der Waals surface area contributed by atoms with Crippen LogP contribution in [0.15, 0.2) is 24.7 Å². The zero-order valence-electron chi connectivity index (χ0n) is 9.70. The maximum atomic E-state index is 13.0. The fourth-order valence-electron chi connectivity index (χ4n) is 1.76. The van der Waals surface area contributed by atoms with Gasteiger partial charge in [-0.1, -0.05) is 0 Å². The highest BCUT2D eigenvalue weighted by Crippen LogP contribution is 2.34. The van der Waals surface area contributed by atoms with Crippen molar-refractivity contribution in [3.63, 3.8) is 0 Å². The number of hydrogen-bond acceptors (Lipinski definition) is 5. The molecule has 20 heavy (non-hydrogen) atoms. The van der Waals surface area contributed by atoms with Crippen LogP contribution in [0.2, 0.25) is 0 Å². The van der Waals surface area contributed by atoms with E-state index in [0.29, 0.717) is 10.6 Å². The highest BCUT2D eigenvalue weighted by Gasteiger charge is 2.23. The molecule has 0 aliphatic rings. The molecule has 0 saturated heterocycles. The first kappa shape index (κ1) is 12.6. The number of halogens is 2. The van der Waals surface area contributed by atoms with Gasteiger partial charge in [-0.05, 0) is 6.07 Å². The molecule has 0 radical (unpaired) electrons. The van der Waals surface area contributed by atoms with Gasteiger partial charge in [-0.3, -0.25) is 0 Å². The minimum atomic E-state index is -2.79. The lowest BCUT2D eigenvalue weighted by Crippen LogP contribution is -2.00. The van der Waals surface area contributed by atoms with Gasteiger partial charge in [-0.25, -0.2) is 28.2 Å². The second kappa shape index (κ2) is 4.60. The number of thiophene rings is 1. The summed E-state index contributed by atoms with van der Waals surface area (Å²) in [7, 11) is 0. The average Bonchev–Trinajstić information content (AvgIpc) is 2.97. The topological polar surface area (TPSA) is 80.9 Å². The SMILES string of the molecule is O=C(O)c1cc2c(C(F)F)nn(-c3ccncn3)c2s1. The summed E-state index contributed by atoms with van der Waals surface area (Å²) < 4.78 is 27.2. The van der Waals surface area contributed by atoms with E-state index in [0.717, 1.165) is 11.3 Å². The molecule has 0 amide bonds. The van der Waals surface area contributed by atoms with Gasteiger partial charge in [0.15, 0.2) is 5.82 Å². The molecule has 102 valence electrons. The van der Waals surface area contributed by atoms with Gasteiger partial charge in [0.1, 0.15) is 21.7 Å². The highest BCUT2D eigenvalue weighted by atomic mass is 32.1. The summed E-state index contributed by atoms with van der Waals surface area (Å²) in [5.41, 5.74) is -0.456.